The third-order valence-corrected chi connectivity index (χ3v) is 17.5. The monoisotopic (exact) mass is 1300 g/mol. The molecular formula is C72H74F4N16O4. The fraction of sp³-hybridized carbons (Fsp3) is 0.319. The Labute approximate surface area is 552 Å². The zero-order valence-corrected chi connectivity index (χ0v) is 54.8. The second-order valence-corrected chi connectivity index (χ2v) is 25.7. The first kappa shape index (κ1) is 66.9. The van der Waals surface area contributed by atoms with Crippen LogP contribution < -0.4 is 21.7 Å². The number of nitrogens with zero attached hydrogens (tertiary/aromatic N) is 12. The average Bonchev–Trinajstić information content (AvgIpc) is 1.48. The number of hydrogen-bond acceptors (Lipinski definition) is 14. The van der Waals surface area contributed by atoms with E-state index in [2.05, 4.69) is 68.4 Å². The van der Waals surface area contributed by atoms with Crippen molar-refractivity contribution in [3.8, 4) is 34.6 Å². The number of nitrogens with two attached hydrogens (primary N) is 1. The molecule has 0 spiro atoms. The molecule has 0 bridgehead atoms. The fourth-order valence-corrected chi connectivity index (χ4v) is 11.8. The Bertz CT molecular complexity index is 4390. The lowest BCUT2D eigenvalue weighted by molar-refractivity contribution is 0.0971. The number of aryl methyl sites for hydroxylation is 3. The van der Waals surface area contributed by atoms with Crippen LogP contribution in [0.3, 0.4) is 0 Å². The molecule has 0 aliphatic heterocycles. The van der Waals surface area contributed by atoms with E-state index in [9.17, 15) is 36.7 Å². The number of benzene rings is 4. The van der Waals surface area contributed by atoms with Crippen molar-refractivity contribution < 1.29 is 36.7 Å². The summed E-state index contributed by atoms with van der Waals surface area (Å²) in [5.74, 6) is 0.181. The Balaban J connectivity index is 0.000000148. The maximum Gasteiger partial charge on any atom is 0.259 e. The van der Waals surface area contributed by atoms with Crippen molar-refractivity contribution in [1.82, 2.24) is 59.2 Å². The van der Waals surface area contributed by atoms with Crippen molar-refractivity contribution in [3.63, 3.8) is 0 Å². The lowest BCUT2D eigenvalue weighted by Gasteiger charge is -2.12. The Kier molecular flexibility index (Phi) is 19.7. The number of Topliss-reactive ketones (excluding diaryl/α,β-unsaturated/α-hetero) is 1. The number of ketones is 1. The number of nitrogens with one attached hydrogen (secondary N) is 3. The van der Waals surface area contributed by atoms with Crippen molar-refractivity contribution in [3.05, 3.63) is 213 Å². The van der Waals surface area contributed by atoms with E-state index in [4.69, 9.17) is 5.73 Å². The normalized spacial score (nSPS) is 17.5. The zero-order chi connectivity index (χ0) is 68.4. The van der Waals surface area contributed by atoms with Gasteiger partial charge in [0.05, 0.1) is 16.7 Å². The van der Waals surface area contributed by atoms with Gasteiger partial charge in [-0.2, -0.15) is 0 Å². The van der Waals surface area contributed by atoms with Crippen LogP contribution in [-0.2, 0) is 0 Å². The number of pyridine rings is 3. The van der Waals surface area contributed by atoms with Crippen LogP contribution in [0.5, 0.6) is 0 Å². The molecule has 20 nitrogen and oxygen atoms in total. The van der Waals surface area contributed by atoms with Gasteiger partial charge in [0, 0.05) is 42.1 Å². The Hall–Kier alpha value is -10.5. The number of rotatable bonds is 18. The molecule has 3 amide bonds. The molecule has 3 fully saturated rings. The van der Waals surface area contributed by atoms with Gasteiger partial charge in [-0.15, -0.1) is 30.6 Å². The number of amides is 3. The van der Waals surface area contributed by atoms with E-state index in [0.29, 0.717) is 70.0 Å². The summed E-state index contributed by atoms with van der Waals surface area (Å²) in [6, 6.07) is 30.7. The summed E-state index contributed by atoms with van der Waals surface area (Å²) < 4.78 is 62.7. The molecule has 3 aliphatic carbocycles. The molecule has 6 heterocycles. The third-order valence-electron chi connectivity index (χ3n) is 17.5. The minimum Gasteiger partial charge on any atom is -0.327 e. The van der Waals surface area contributed by atoms with Crippen molar-refractivity contribution in [1.29, 1.82) is 0 Å². The third kappa shape index (κ3) is 15.2. The summed E-state index contributed by atoms with van der Waals surface area (Å²) in [6.07, 6.45) is 7.91. The molecule has 0 saturated heterocycles. The molecule has 0 radical (unpaired) electrons. The van der Waals surface area contributed by atoms with Crippen molar-refractivity contribution >= 4 is 41.0 Å². The first-order chi connectivity index (χ1) is 45.9. The van der Waals surface area contributed by atoms with Gasteiger partial charge in [-0.1, -0.05) is 25.1 Å². The Morgan fingerprint density at radius 1 is 0.490 bits per heavy atom. The van der Waals surface area contributed by atoms with E-state index in [0.717, 1.165) is 52.6 Å². The van der Waals surface area contributed by atoms with Gasteiger partial charge in [0.2, 0.25) is 0 Å². The van der Waals surface area contributed by atoms with Gasteiger partial charge < -0.3 is 35.4 Å². The van der Waals surface area contributed by atoms with Crippen LogP contribution in [0.15, 0.2) is 134 Å². The van der Waals surface area contributed by atoms with E-state index >= 15 is 0 Å². The number of carbonyl (C=O) groups excluding carboxylic acids is 4. The maximum atomic E-state index is 14.9. The minimum absolute atomic E-state index is 0.0118. The molecule has 6 aromatic heterocycles. The predicted molar refractivity (Wildman–Crippen MR) is 356 cm³/mol. The summed E-state index contributed by atoms with van der Waals surface area (Å²) in [6.45, 7) is 19.8. The topological polar surface area (TPSA) is 261 Å². The Morgan fingerprint density at radius 3 is 1.17 bits per heavy atom. The summed E-state index contributed by atoms with van der Waals surface area (Å²) in [7, 11) is 0. The molecule has 10 aromatic rings. The number of carbonyl (C=O) groups is 4. The first-order valence-electron chi connectivity index (χ1n) is 31.9. The lowest BCUT2D eigenvalue weighted by Crippen LogP contribution is -2.16. The van der Waals surface area contributed by atoms with Gasteiger partial charge in [-0.25, -0.2) is 32.5 Å². The lowest BCUT2D eigenvalue weighted by atomic mass is 9.97. The van der Waals surface area contributed by atoms with Crippen LogP contribution in [0, 0.1) is 55.9 Å². The van der Waals surface area contributed by atoms with Gasteiger partial charge in [0.25, 0.3) is 17.7 Å². The molecule has 3 saturated carbocycles. The highest BCUT2D eigenvalue weighted by molar-refractivity contribution is 6.06. The standard InChI is InChI=1S/C29H27F2N5O2.C22H24FN5O.C21H23FN6O/c1-16(2)36-15-32-35-28(36)25-5-4-6-27(33-25)34-29(38)23-14-21(17(3)11-24(23)31)22-12-19(22)13-26(37)18-7-9-20(30)10-8-18;1-12(2)28-11-24-27-21(28)19-6-5-7-20(25-19)26-22(29)17-10-16(15-8-13(15)3)14(4)9-18(17)23;1-11(2)28-10-24-27-20(28)18-5-4-6-19(25-18)26-21(29)15-8-13(14-9-17(14)23)12(3)7-16(15)22/h4-11,14-16,19,22H,12-13H2,1-3H3,(H,33,34,38);5-7,9-13,15H,8H2,1-4H3,(H,25,26,29);4-8,10-11,14,17H,9,23H2,1-3H3,(H,25,26,29). The molecule has 4 aromatic carbocycles. The second-order valence-electron chi connectivity index (χ2n) is 25.7. The number of hydrogen-bond donors (Lipinski definition) is 4. The highest BCUT2D eigenvalue weighted by atomic mass is 19.1. The van der Waals surface area contributed by atoms with Crippen LogP contribution in [0.25, 0.3) is 34.6 Å². The van der Waals surface area contributed by atoms with Crippen LogP contribution in [0.2, 0.25) is 0 Å². The molecule has 24 heteroatoms. The van der Waals surface area contributed by atoms with E-state index in [1.807, 2.05) is 69.1 Å². The number of halogens is 4. The number of aromatic nitrogens is 12. The summed E-state index contributed by atoms with van der Waals surface area (Å²) in [5.41, 5.74) is 13.3. The average molecular weight is 1300 g/mol. The summed E-state index contributed by atoms with van der Waals surface area (Å²) in [5, 5.41) is 32.3. The van der Waals surface area contributed by atoms with Crippen LogP contribution in [0.4, 0.5) is 35.0 Å². The maximum absolute atomic E-state index is 14.9. The van der Waals surface area contributed by atoms with E-state index < -0.39 is 35.2 Å². The second kappa shape index (κ2) is 28.2. The number of anilines is 3. The summed E-state index contributed by atoms with van der Waals surface area (Å²) in [4.78, 5) is 64.6. The van der Waals surface area contributed by atoms with Crippen LogP contribution in [-0.4, -0.2) is 88.8 Å². The summed E-state index contributed by atoms with van der Waals surface area (Å²) >= 11 is 0. The van der Waals surface area contributed by atoms with Crippen molar-refractivity contribution in [2.75, 3.05) is 16.0 Å². The van der Waals surface area contributed by atoms with E-state index in [1.165, 1.54) is 42.5 Å². The smallest absolute Gasteiger partial charge is 0.259 e. The fourth-order valence-electron chi connectivity index (χ4n) is 11.8. The molecule has 6 unspecified atom stereocenters. The molecule has 96 heavy (non-hydrogen) atoms. The van der Waals surface area contributed by atoms with Gasteiger partial charge >= 0.3 is 0 Å². The highest BCUT2D eigenvalue weighted by Crippen LogP contribution is 2.52. The van der Waals surface area contributed by atoms with Crippen LogP contribution in [0.1, 0.15) is 185 Å². The molecule has 13 rings (SSSR count). The zero-order valence-electron chi connectivity index (χ0n) is 54.8. The highest BCUT2D eigenvalue weighted by Gasteiger charge is 2.42. The van der Waals surface area contributed by atoms with E-state index in [1.54, 1.807) is 98.7 Å². The van der Waals surface area contributed by atoms with Gasteiger partial charge in [0.15, 0.2) is 23.3 Å². The minimum atomic E-state index is -0.626. The van der Waals surface area contributed by atoms with E-state index in [-0.39, 0.29) is 76.0 Å². The molecule has 6 atom stereocenters. The van der Waals surface area contributed by atoms with Gasteiger partial charge in [-0.05, 0) is 236 Å². The predicted octanol–water partition coefficient (Wildman–Crippen LogP) is 14.3. The molecular weight excluding hydrogens is 1230 g/mol. The first-order valence-corrected chi connectivity index (χ1v) is 31.9. The quantitative estimate of drug-likeness (QED) is 0.0460. The van der Waals surface area contributed by atoms with Crippen molar-refractivity contribution in [2.45, 2.75) is 137 Å². The van der Waals surface area contributed by atoms with Crippen molar-refractivity contribution in [2.24, 2.45) is 17.6 Å². The Morgan fingerprint density at radius 2 is 0.833 bits per heavy atom. The molecule has 5 N–H and O–H groups in total. The molecule has 3 aliphatic rings. The largest absolute Gasteiger partial charge is 0.327 e. The van der Waals surface area contributed by atoms with Gasteiger partial charge in [0.1, 0.15) is 76.8 Å². The van der Waals surface area contributed by atoms with Crippen LogP contribution >= 0.6 is 0 Å². The van der Waals surface area contributed by atoms with Gasteiger partial charge in [-0.3, -0.25) is 19.2 Å². The molecule has 494 valence electrons. The SMILES string of the molecule is Cc1cc(F)c(C(=O)Nc2cccc(-c3nncn3C(C)C)n2)cc1C1CC1C.Cc1cc(F)c(C(=O)Nc2cccc(-c3nncn3C(C)C)n2)cc1C1CC1CC(=O)c1ccc(F)cc1.Cc1cc(F)c(C(=O)Nc2cccc(-c3nncn3C(C)C)n2)cc1C1CC1N.